The molecule has 0 aliphatic rings. The zero-order valence-electron chi connectivity index (χ0n) is 8.14. The fourth-order valence-corrected chi connectivity index (χ4v) is 1.81. The van der Waals surface area contributed by atoms with Gasteiger partial charge >= 0.3 is 0 Å². The van der Waals surface area contributed by atoms with Crippen molar-refractivity contribution in [2.45, 2.75) is 13.8 Å². The summed E-state index contributed by atoms with van der Waals surface area (Å²) in [6, 6.07) is 3.91. The summed E-state index contributed by atoms with van der Waals surface area (Å²) in [7, 11) is 0. The molecule has 0 spiro atoms. The fraction of sp³-hybridized carbons (Fsp3) is 0.400. The van der Waals surface area contributed by atoms with E-state index in [2.05, 4.69) is 38.5 Å². The predicted molar refractivity (Wildman–Crippen MR) is 69.2 cm³/mol. The number of hydrogen-bond acceptors (Lipinski definition) is 2. The Balaban J connectivity index is 3.03. The molecule has 78 valence electrons. The average Bonchev–Trinajstić information content (AvgIpc) is 2.14. The lowest BCUT2D eigenvalue weighted by Crippen LogP contribution is -1.99. The van der Waals surface area contributed by atoms with Crippen molar-refractivity contribution in [1.29, 1.82) is 0 Å². The Morgan fingerprint density at radius 1 is 1.14 bits per heavy atom. The van der Waals surface area contributed by atoms with Crippen LogP contribution in [0.25, 0.3) is 0 Å². The van der Waals surface area contributed by atoms with Crippen molar-refractivity contribution >= 4 is 38.5 Å². The van der Waals surface area contributed by atoms with E-state index in [1.807, 2.05) is 26.0 Å². The van der Waals surface area contributed by atoms with Crippen molar-refractivity contribution in [3.8, 4) is 11.5 Å². The molecule has 1 rings (SSSR count). The van der Waals surface area contributed by atoms with Crippen molar-refractivity contribution in [3.63, 3.8) is 0 Å². The highest BCUT2D eigenvalue weighted by Gasteiger charge is 2.08. The van der Waals surface area contributed by atoms with Crippen LogP contribution in [0.5, 0.6) is 11.5 Å². The van der Waals surface area contributed by atoms with E-state index in [-0.39, 0.29) is 0 Å². The van der Waals surface area contributed by atoms with Gasteiger partial charge in [0, 0.05) is 8.04 Å². The van der Waals surface area contributed by atoms with Gasteiger partial charge in [0.05, 0.1) is 13.2 Å². The van der Waals surface area contributed by atoms with E-state index < -0.39 is 0 Å². The van der Waals surface area contributed by atoms with E-state index in [0.717, 1.165) is 19.5 Å². The van der Waals surface area contributed by atoms with Gasteiger partial charge in [-0.2, -0.15) is 0 Å². The van der Waals surface area contributed by atoms with Gasteiger partial charge in [-0.1, -0.05) is 0 Å². The minimum atomic E-state index is 0.646. The third-order valence-electron chi connectivity index (χ3n) is 1.59. The van der Waals surface area contributed by atoms with E-state index in [1.54, 1.807) is 0 Å². The van der Waals surface area contributed by atoms with Crippen LogP contribution < -0.4 is 9.47 Å². The molecule has 0 radical (unpaired) electrons. The van der Waals surface area contributed by atoms with Crippen molar-refractivity contribution in [1.82, 2.24) is 0 Å². The monoisotopic (exact) mass is 370 g/mol. The smallest absolute Gasteiger partial charge is 0.162 e. The third-order valence-corrected chi connectivity index (χ3v) is 3.88. The number of halogens is 2. The van der Waals surface area contributed by atoms with Gasteiger partial charge in [0.15, 0.2) is 11.5 Å². The highest BCUT2D eigenvalue weighted by molar-refractivity contribution is 14.1. The summed E-state index contributed by atoms with van der Waals surface area (Å²) in [5.74, 6) is 1.60. The van der Waals surface area contributed by atoms with Gasteiger partial charge in [-0.05, 0) is 64.5 Å². The molecule has 4 heteroatoms. The summed E-state index contributed by atoms with van der Waals surface area (Å²) >= 11 is 5.71. The SMILES string of the molecule is CCOc1cc(Br)c(I)cc1OCC. The highest BCUT2D eigenvalue weighted by Crippen LogP contribution is 2.34. The van der Waals surface area contributed by atoms with Gasteiger partial charge in [0.1, 0.15) is 0 Å². The van der Waals surface area contributed by atoms with Crippen LogP contribution >= 0.6 is 38.5 Å². The van der Waals surface area contributed by atoms with Crippen LogP contribution in [0.15, 0.2) is 16.6 Å². The maximum Gasteiger partial charge on any atom is 0.162 e. The molecule has 1 aromatic carbocycles. The Hall–Kier alpha value is 0.0300. The normalized spacial score (nSPS) is 10.0. The first-order valence-corrected chi connectivity index (χ1v) is 6.30. The summed E-state index contributed by atoms with van der Waals surface area (Å²) in [5, 5.41) is 0. The van der Waals surface area contributed by atoms with Crippen molar-refractivity contribution < 1.29 is 9.47 Å². The Bertz CT molecular complexity index is 284. The lowest BCUT2D eigenvalue weighted by molar-refractivity contribution is 0.287. The first kappa shape index (κ1) is 12.1. The molecule has 0 saturated carbocycles. The molecule has 0 unspecified atom stereocenters. The van der Waals surface area contributed by atoms with Crippen molar-refractivity contribution in [2.75, 3.05) is 13.2 Å². The molecule has 0 fully saturated rings. The van der Waals surface area contributed by atoms with Gasteiger partial charge in [-0.15, -0.1) is 0 Å². The topological polar surface area (TPSA) is 18.5 Å². The summed E-state index contributed by atoms with van der Waals surface area (Å²) < 4.78 is 13.1. The maximum absolute atomic E-state index is 5.47. The molecule has 0 saturated heterocycles. The second kappa shape index (κ2) is 5.80. The molecule has 0 heterocycles. The van der Waals surface area contributed by atoms with Crippen LogP contribution in [-0.4, -0.2) is 13.2 Å². The van der Waals surface area contributed by atoms with Crippen LogP contribution in [0.1, 0.15) is 13.8 Å². The number of benzene rings is 1. The highest BCUT2D eigenvalue weighted by atomic mass is 127. The van der Waals surface area contributed by atoms with Gasteiger partial charge < -0.3 is 9.47 Å². The molecule has 1 aromatic rings. The van der Waals surface area contributed by atoms with E-state index >= 15 is 0 Å². The second-order valence-electron chi connectivity index (χ2n) is 2.58. The summed E-state index contributed by atoms with van der Waals surface area (Å²) in [4.78, 5) is 0. The van der Waals surface area contributed by atoms with Crippen LogP contribution in [0.2, 0.25) is 0 Å². The summed E-state index contributed by atoms with van der Waals surface area (Å²) in [5.41, 5.74) is 0. The molecule has 0 aliphatic heterocycles. The molecule has 0 N–H and O–H groups in total. The van der Waals surface area contributed by atoms with Gasteiger partial charge in [-0.25, -0.2) is 0 Å². The largest absolute Gasteiger partial charge is 0.490 e. The Morgan fingerprint density at radius 2 is 1.64 bits per heavy atom. The molecule has 0 bridgehead atoms. The Kier molecular flexibility index (Phi) is 5.01. The van der Waals surface area contributed by atoms with Crippen molar-refractivity contribution in [2.24, 2.45) is 0 Å². The second-order valence-corrected chi connectivity index (χ2v) is 4.60. The minimum absolute atomic E-state index is 0.646. The summed E-state index contributed by atoms with van der Waals surface area (Å²) in [6.07, 6.45) is 0. The number of rotatable bonds is 4. The molecule has 0 amide bonds. The third kappa shape index (κ3) is 3.02. The average molecular weight is 371 g/mol. The standard InChI is InChI=1S/C10H12BrIO2/c1-3-13-9-5-7(11)8(12)6-10(9)14-4-2/h5-6H,3-4H2,1-2H3. The zero-order chi connectivity index (χ0) is 10.6. The lowest BCUT2D eigenvalue weighted by Gasteiger charge is -2.11. The molecular formula is C10H12BrIO2. The molecule has 0 aromatic heterocycles. The van der Waals surface area contributed by atoms with E-state index in [1.165, 1.54) is 0 Å². The van der Waals surface area contributed by atoms with Crippen LogP contribution in [0.4, 0.5) is 0 Å². The summed E-state index contributed by atoms with van der Waals surface area (Å²) in [6.45, 7) is 5.22. The number of ether oxygens (including phenoxy) is 2. The molecule has 0 atom stereocenters. The Morgan fingerprint density at radius 3 is 2.14 bits per heavy atom. The van der Waals surface area contributed by atoms with E-state index in [0.29, 0.717) is 13.2 Å². The van der Waals surface area contributed by atoms with Crippen LogP contribution in [-0.2, 0) is 0 Å². The van der Waals surface area contributed by atoms with Gasteiger partial charge in [0.2, 0.25) is 0 Å². The van der Waals surface area contributed by atoms with E-state index in [4.69, 9.17) is 9.47 Å². The molecule has 0 aliphatic carbocycles. The van der Waals surface area contributed by atoms with Gasteiger partial charge in [-0.3, -0.25) is 0 Å². The van der Waals surface area contributed by atoms with Crippen LogP contribution in [0.3, 0.4) is 0 Å². The first-order valence-electron chi connectivity index (χ1n) is 4.43. The fourth-order valence-electron chi connectivity index (χ4n) is 1.05. The lowest BCUT2D eigenvalue weighted by atomic mass is 10.3. The number of hydrogen-bond donors (Lipinski definition) is 0. The van der Waals surface area contributed by atoms with Crippen molar-refractivity contribution in [3.05, 3.63) is 20.2 Å². The zero-order valence-corrected chi connectivity index (χ0v) is 11.9. The minimum Gasteiger partial charge on any atom is -0.490 e. The quantitative estimate of drug-likeness (QED) is 0.749. The molecule has 2 nitrogen and oxygen atoms in total. The van der Waals surface area contributed by atoms with E-state index in [9.17, 15) is 0 Å². The van der Waals surface area contributed by atoms with Gasteiger partial charge in [0.25, 0.3) is 0 Å². The Labute approximate surface area is 106 Å². The first-order chi connectivity index (χ1) is 6.69. The molecular weight excluding hydrogens is 359 g/mol. The predicted octanol–water partition coefficient (Wildman–Crippen LogP) is 3.85. The maximum atomic E-state index is 5.47. The molecule has 14 heavy (non-hydrogen) atoms. The van der Waals surface area contributed by atoms with Crippen LogP contribution in [0, 0.1) is 3.57 Å².